The molecular weight excluding hydrogens is 342 g/mol. The van der Waals surface area contributed by atoms with E-state index in [1.165, 1.54) is 6.42 Å². The molecule has 27 heavy (non-hydrogen) atoms. The van der Waals surface area contributed by atoms with E-state index >= 15 is 0 Å². The Bertz CT molecular complexity index is 579. The van der Waals surface area contributed by atoms with Gasteiger partial charge in [0.2, 0.25) is 0 Å². The molecule has 0 amide bonds. The van der Waals surface area contributed by atoms with Crippen molar-refractivity contribution in [1.82, 2.24) is 30.3 Å². The fourth-order valence-electron chi connectivity index (χ4n) is 2.94. The van der Waals surface area contributed by atoms with E-state index in [2.05, 4.69) is 46.5 Å². The summed E-state index contributed by atoms with van der Waals surface area (Å²) in [6.45, 7) is 14.7. The largest absolute Gasteiger partial charge is 0.379 e. The lowest BCUT2D eigenvalue weighted by Crippen LogP contribution is -2.46. The van der Waals surface area contributed by atoms with Crippen molar-refractivity contribution in [2.45, 2.75) is 53.1 Å². The van der Waals surface area contributed by atoms with Gasteiger partial charge in [-0.05, 0) is 32.6 Å². The van der Waals surface area contributed by atoms with E-state index in [-0.39, 0.29) is 0 Å². The van der Waals surface area contributed by atoms with Crippen molar-refractivity contribution in [3.05, 3.63) is 11.6 Å². The van der Waals surface area contributed by atoms with E-state index in [1.807, 2.05) is 18.5 Å². The summed E-state index contributed by atoms with van der Waals surface area (Å²) < 4.78 is 7.40. The number of hydrogen-bond donors (Lipinski definition) is 2. The molecule has 1 aliphatic rings. The summed E-state index contributed by atoms with van der Waals surface area (Å²) in [5.74, 6) is 3.34. The fraction of sp³-hybridized carbons (Fsp3) is 0.842. The standard InChI is InChI=1S/C19H37N7O/c1-15(2)6-7-16(3)22-19(20-8-9-26-10-12-27-13-11-26)21-14-18-24-23-17(4)25(18)5/h15-16H,6-14H2,1-5H3,(H2,20,21,22). The van der Waals surface area contributed by atoms with Crippen LogP contribution >= 0.6 is 0 Å². The summed E-state index contributed by atoms with van der Waals surface area (Å²) >= 11 is 0. The van der Waals surface area contributed by atoms with Crippen LogP contribution in [-0.4, -0.2) is 71.1 Å². The third kappa shape index (κ3) is 7.84. The predicted octanol–water partition coefficient (Wildman–Crippen LogP) is 1.32. The quantitative estimate of drug-likeness (QED) is 0.498. The average molecular weight is 380 g/mol. The first-order valence-corrected chi connectivity index (χ1v) is 10.2. The highest BCUT2D eigenvalue weighted by atomic mass is 16.5. The summed E-state index contributed by atoms with van der Waals surface area (Å²) in [7, 11) is 1.98. The monoisotopic (exact) mass is 379 g/mol. The summed E-state index contributed by atoms with van der Waals surface area (Å²) in [4.78, 5) is 7.16. The molecule has 8 nitrogen and oxygen atoms in total. The number of nitrogens with zero attached hydrogens (tertiary/aromatic N) is 5. The van der Waals surface area contributed by atoms with Crippen molar-refractivity contribution in [3.63, 3.8) is 0 Å². The second-order valence-corrected chi connectivity index (χ2v) is 7.78. The molecule has 1 fully saturated rings. The van der Waals surface area contributed by atoms with Crippen LogP contribution in [0, 0.1) is 12.8 Å². The van der Waals surface area contributed by atoms with Gasteiger partial charge in [-0.25, -0.2) is 4.99 Å². The van der Waals surface area contributed by atoms with Crippen LogP contribution in [0.5, 0.6) is 0 Å². The van der Waals surface area contributed by atoms with Crippen molar-refractivity contribution >= 4 is 5.96 Å². The number of morpholine rings is 1. The summed E-state index contributed by atoms with van der Waals surface area (Å²) in [6.07, 6.45) is 2.34. The Hall–Kier alpha value is -1.67. The van der Waals surface area contributed by atoms with E-state index < -0.39 is 0 Å². The molecule has 8 heteroatoms. The predicted molar refractivity (Wildman–Crippen MR) is 109 cm³/mol. The molecule has 0 spiro atoms. The molecule has 2 N–H and O–H groups in total. The van der Waals surface area contributed by atoms with Crippen molar-refractivity contribution in [2.75, 3.05) is 39.4 Å². The number of guanidine groups is 1. The molecule has 2 heterocycles. The van der Waals surface area contributed by atoms with E-state index in [0.29, 0.717) is 18.5 Å². The lowest BCUT2D eigenvalue weighted by molar-refractivity contribution is 0.0389. The number of aromatic nitrogens is 3. The van der Waals surface area contributed by atoms with Gasteiger partial charge in [-0.1, -0.05) is 13.8 Å². The number of rotatable bonds is 9. The Morgan fingerprint density at radius 2 is 1.93 bits per heavy atom. The Balaban J connectivity index is 1.89. The van der Waals surface area contributed by atoms with Gasteiger partial charge in [0, 0.05) is 39.3 Å². The molecule has 1 atom stereocenters. The molecule has 0 bridgehead atoms. The number of nitrogens with one attached hydrogen (secondary N) is 2. The van der Waals surface area contributed by atoms with Crippen molar-refractivity contribution in [2.24, 2.45) is 18.0 Å². The van der Waals surface area contributed by atoms with E-state index in [9.17, 15) is 0 Å². The third-order valence-electron chi connectivity index (χ3n) is 4.95. The second-order valence-electron chi connectivity index (χ2n) is 7.78. The third-order valence-corrected chi connectivity index (χ3v) is 4.95. The van der Waals surface area contributed by atoms with Crippen molar-refractivity contribution in [1.29, 1.82) is 0 Å². The van der Waals surface area contributed by atoms with Crippen molar-refractivity contribution < 1.29 is 4.74 Å². The highest BCUT2D eigenvalue weighted by Crippen LogP contribution is 2.06. The van der Waals surface area contributed by atoms with Gasteiger partial charge in [-0.3, -0.25) is 4.90 Å². The van der Waals surface area contributed by atoms with Gasteiger partial charge in [-0.2, -0.15) is 0 Å². The van der Waals surface area contributed by atoms with Crippen LogP contribution < -0.4 is 10.6 Å². The van der Waals surface area contributed by atoms with E-state index in [0.717, 1.165) is 63.4 Å². The highest BCUT2D eigenvalue weighted by molar-refractivity contribution is 5.80. The van der Waals surface area contributed by atoms with Crippen molar-refractivity contribution in [3.8, 4) is 0 Å². The van der Waals surface area contributed by atoms with Gasteiger partial charge in [0.15, 0.2) is 11.8 Å². The molecule has 0 radical (unpaired) electrons. The molecule has 1 saturated heterocycles. The Morgan fingerprint density at radius 1 is 1.19 bits per heavy atom. The molecule has 0 aromatic carbocycles. The normalized spacial score (nSPS) is 17.3. The van der Waals surface area contributed by atoms with Crippen LogP contribution in [0.3, 0.4) is 0 Å². The van der Waals surface area contributed by atoms with Gasteiger partial charge in [-0.15, -0.1) is 10.2 Å². The number of hydrogen-bond acceptors (Lipinski definition) is 5. The minimum Gasteiger partial charge on any atom is -0.379 e. The summed E-state index contributed by atoms with van der Waals surface area (Å²) in [5, 5.41) is 15.3. The SMILES string of the molecule is Cc1nnc(CN=C(NCCN2CCOCC2)NC(C)CCC(C)C)n1C. The van der Waals surface area contributed by atoms with Gasteiger partial charge < -0.3 is 19.9 Å². The molecule has 1 unspecified atom stereocenters. The van der Waals surface area contributed by atoms with E-state index in [1.54, 1.807) is 0 Å². The van der Waals surface area contributed by atoms with Crippen LogP contribution in [0.2, 0.25) is 0 Å². The molecular formula is C19H37N7O. The Morgan fingerprint density at radius 3 is 2.56 bits per heavy atom. The number of aryl methyl sites for hydroxylation is 1. The van der Waals surface area contributed by atoms with Gasteiger partial charge >= 0.3 is 0 Å². The zero-order chi connectivity index (χ0) is 19.6. The van der Waals surface area contributed by atoms with Crippen LogP contribution in [0.4, 0.5) is 0 Å². The maximum absolute atomic E-state index is 5.41. The zero-order valence-electron chi connectivity index (χ0n) is 17.7. The lowest BCUT2D eigenvalue weighted by atomic mass is 10.0. The minimum absolute atomic E-state index is 0.378. The molecule has 1 aliphatic heterocycles. The fourth-order valence-corrected chi connectivity index (χ4v) is 2.94. The van der Waals surface area contributed by atoms with Crippen LogP contribution in [0.15, 0.2) is 4.99 Å². The number of aliphatic imine (C=N–C) groups is 1. The first-order valence-electron chi connectivity index (χ1n) is 10.2. The van der Waals surface area contributed by atoms with Gasteiger partial charge in [0.1, 0.15) is 12.4 Å². The molecule has 1 aromatic heterocycles. The van der Waals surface area contributed by atoms with E-state index in [4.69, 9.17) is 9.73 Å². The van der Waals surface area contributed by atoms with Crippen LogP contribution in [0.1, 0.15) is 45.3 Å². The first kappa shape index (κ1) is 21.6. The second kappa shape index (κ2) is 11.2. The number of ether oxygens (including phenoxy) is 1. The van der Waals surface area contributed by atoms with Crippen LogP contribution in [-0.2, 0) is 18.3 Å². The first-order chi connectivity index (χ1) is 13.0. The summed E-state index contributed by atoms with van der Waals surface area (Å²) in [6, 6.07) is 0.378. The molecule has 0 saturated carbocycles. The summed E-state index contributed by atoms with van der Waals surface area (Å²) in [5.41, 5.74) is 0. The lowest BCUT2D eigenvalue weighted by Gasteiger charge is -2.27. The zero-order valence-corrected chi connectivity index (χ0v) is 17.7. The molecule has 2 rings (SSSR count). The maximum Gasteiger partial charge on any atom is 0.191 e. The topological polar surface area (TPSA) is 79.6 Å². The maximum atomic E-state index is 5.41. The molecule has 0 aliphatic carbocycles. The highest BCUT2D eigenvalue weighted by Gasteiger charge is 2.12. The van der Waals surface area contributed by atoms with Crippen LogP contribution in [0.25, 0.3) is 0 Å². The minimum atomic E-state index is 0.378. The average Bonchev–Trinajstić information content (AvgIpc) is 2.97. The molecule has 1 aromatic rings. The van der Waals surface area contributed by atoms with Gasteiger partial charge in [0.25, 0.3) is 0 Å². The van der Waals surface area contributed by atoms with Gasteiger partial charge in [0.05, 0.1) is 13.2 Å². The smallest absolute Gasteiger partial charge is 0.191 e. The molecule has 154 valence electrons. The Kier molecular flexibility index (Phi) is 9.00. The Labute approximate surface area is 163 Å².